The molecule has 0 aliphatic carbocycles. The quantitative estimate of drug-likeness (QED) is 0.425. The summed E-state index contributed by atoms with van der Waals surface area (Å²) in [6, 6.07) is 18.4. The van der Waals surface area contributed by atoms with Crippen LogP contribution in [0.15, 0.2) is 82.1 Å². The van der Waals surface area contributed by atoms with Crippen molar-refractivity contribution in [2.45, 2.75) is 30.2 Å². The Morgan fingerprint density at radius 1 is 1.03 bits per heavy atom. The van der Waals surface area contributed by atoms with Gasteiger partial charge in [-0.3, -0.25) is 19.3 Å². The lowest BCUT2D eigenvalue weighted by molar-refractivity contribution is 0.0669. The molecule has 1 amide bonds. The molecule has 0 N–H and O–H groups in total. The summed E-state index contributed by atoms with van der Waals surface area (Å²) in [5, 5.41) is 5.00. The smallest absolute Gasteiger partial charge is 0.274 e. The van der Waals surface area contributed by atoms with E-state index < -0.39 is 0 Å². The number of pyridine rings is 1. The zero-order valence-corrected chi connectivity index (χ0v) is 20.2. The molecule has 1 unspecified atom stereocenters. The molecule has 2 aromatic carbocycles. The number of thiazole rings is 1. The van der Waals surface area contributed by atoms with Crippen LogP contribution in [-0.2, 0) is 12.3 Å². The Morgan fingerprint density at radius 2 is 1.82 bits per heavy atom. The van der Waals surface area contributed by atoms with Crippen molar-refractivity contribution in [3.8, 4) is 0 Å². The van der Waals surface area contributed by atoms with Gasteiger partial charge in [-0.1, -0.05) is 42.5 Å². The van der Waals surface area contributed by atoms with Gasteiger partial charge in [0.2, 0.25) is 0 Å². The van der Waals surface area contributed by atoms with Gasteiger partial charge in [-0.05, 0) is 29.7 Å². The Kier molecular flexibility index (Phi) is 5.27. The molecule has 8 heteroatoms. The van der Waals surface area contributed by atoms with E-state index in [4.69, 9.17) is 0 Å². The molecule has 0 saturated heterocycles. The average molecular weight is 487 g/mol. The molecule has 2 aliphatic rings. The van der Waals surface area contributed by atoms with Gasteiger partial charge < -0.3 is 4.90 Å². The molecular weight excluding hydrogens is 464 g/mol. The van der Waals surface area contributed by atoms with Crippen molar-refractivity contribution in [1.29, 1.82) is 0 Å². The summed E-state index contributed by atoms with van der Waals surface area (Å²) in [6.45, 7) is 2.52. The second-order valence-corrected chi connectivity index (χ2v) is 10.4. The van der Waals surface area contributed by atoms with Gasteiger partial charge in [0.15, 0.2) is 5.43 Å². The van der Waals surface area contributed by atoms with Crippen molar-refractivity contribution in [3.05, 3.63) is 116 Å². The molecule has 1 atom stereocenters. The highest BCUT2D eigenvalue weighted by Crippen LogP contribution is 2.42. The first-order valence-electron chi connectivity index (χ1n) is 11.1. The van der Waals surface area contributed by atoms with Crippen LogP contribution in [0.1, 0.15) is 43.8 Å². The second kappa shape index (κ2) is 8.45. The Morgan fingerprint density at radius 3 is 2.65 bits per heavy atom. The molecule has 2 aromatic heterocycles. The van der Waals surface area contributed by atoms with Gasteiger partial charge in [0.1, 0.15) is 17.4 Å². The van der Waals surface area contributed by atoms with E-state index in [9.17, 15) is 9.59 Å². The number of nitrogens with zero attached hydrogens (tertiary/aromatic N) is 4. The van der Waals surface area contributed by atoms with Crippen LogP contribution in [0.2, 0.25) is 0 Å². The van der Waals surface area contributed by atoms with Gasteiger partial charge >= 0.3 is 0 Å². The number of hydrogen-bond acceptors (Lipinski definition) is 6. The number of benzene rings is 2. The van der Waals surface area contributed by atoms with Crippen LogP contribution in [0.25, 0.3) is 0 Å². The predicted octanol–water partition coefficient (Wildman–Crippen LogP) is 4.56. The molecule has 6 rings (SSSR count). The van der Waals surface area contributed by atoms with E-state index in [1.807, 2.05) is 21.8 Å². The summed E-state index contributed by atoms with van der Waals surface area (Å²) in [4.78, 5) is 33.6. The fourth-order valence-electron chi connectivity index (χ4n) is 4.79. The summed E-state index contributed by atoms with van der Waals surface area (Å²) >= 11 is 3.37. The Balaban J connectivity index is 1.57. The second-order valence-electron chi connectivity index (χ2n) is 8.44. The fourth-order valence-corrected chi connectivity index (χ4v) is 6.52. The largest absolute Gasteiger partial charge is 0.311 e. The first-order chi connectivity index (χ1) is 16.6. The molecule has 4 heterocycles. The van der Waals surface area contributed by atoms with Crippen LogP contribution in [0.3, 0.4) is 0 Å². The number of carbonyl (C=O) groups is 1. The Labute approximate surface area is 205 Å². The summed E-state index contributed by atoms with van der Waals surface area (Å²) in [7, 11) is 0. The third-order valence-corrected chi connectivity index (χ3v) is 8.36. The lowest BCUT2D eigenvalue weighted by Crippen LogP contribution is -2.55. The number of thioether (sulfide) groups is 1. The topological polar surface area (TPSA) is 58.4 Å². The lowest BCUT2D eigenvalue weighted by atomic mass is 9.94. The van der Waals surface area contributed by atoms with Crippen LogP contribution >= 0.6 is 23.1 Å². The van der Waals surface area contributed by atoms with Crippen LogP contribution in [0.5, 0.6) is 0 Å². The van der Waals surface area contributed by atoms with Crippen molar-refractivity contribution in [3.63, 3.8) is 0 Å². The maximum absolute atomic E-state index is 13.6. The van der Waals surface area contributed by atoms with Crippen molar-refractivity contribution < 1.29 is 4.79 Å². The number of aromatic nitrogens is 2. The van der Waals surface area contributed by atoms with Crippen molar-refractivity contribution in [2.24, 2.45) is 0 Å². The van der Waals surface area contributed by atoms with E-state index in [0.717, 1.165) is 10.8 Å². The lowest BCUT2D eigenvalue weighted by Gasteiger charge is -2.44. The Bertz CT molecular complexity index is 1400. The number of hydrogen-bond donors (Lipinski definition) is 0. The normalized spacial score (nSPS) is 17.1. The van der Waals surface area contributed by atoms with E-state index in [-0.39, 0.29) is 17.4 Å². The van der Waals surface area contributed by atoms with E-state index >= 15 is 0 Å². The molecule has 170 valence electrons. The van der Waals surface area contributed by atoms with Crippen LogP contribution in [0, 0.1) is 6.92 Å². The zero-order valence-electron chi connectivity index (χ0n) is 18.5. The highest BCUT2D eigenvalue weighted by Gasteiger charge is 2.37. The molecule has 0 radical (unpaired) electrons. The van der Waals surface area contributed by atoms with Crippen molar-refractivity contribution in [1.82, 2.24) is 14.6 Å². The average Bonchev–Trinajstić information content (AvgIpc) is 3.31. The van der Waals surface area contributed by atoms with Gasteiger partial charge in [-0.25, -0.2) is 4.98 Å². The highest BCUT2D eigenvalue weighted by molar-refractivity contribution is 7.98. The number of carbonyl (C=O) groups excluding carboxylic acids is 1. The summed E-state index contributed by atoms with van der Waals surface area (Å²) in [5.74, 6) is 0.737. The van der Waals surface area contributed by atoms with Gasteiger partial charge in [-0.2, -0.15) is 0 Å². The van der Waals surface area contributed by atoms with E-state index in [1.54, 1.807) is 30.3 Å². The van der Waals surface area contributed by atoms with Gasteiger partial charge in [-0.15, -0.1) is 23.1 Å². The van der Waals surface area contributed by atoms with Crippen molar-refractivity contribution in [2.75, 3.05) is 11.7 Å². The number of fused-ring (bicyclic) bond motifs is 3. The molecule has 0 fully saturated rings. The minimum Gasteiger partial charge on any atom is -0.311 e. The monoisotopic (exact) mass is 486 g/mol. The summed E-state index contributed by atoms with van der Waals surface area (Å²) < 4.78 is 1.89. The maximum Gasteiger partial charge on any atom is 0.274 e. The molecule has 0 spiro atoms. The van der Waals surface area contributed by atoms with Crippen LogP contribution < -0.4 is 10.4 Å². The number of rotatable bonds is 3. The minimum atomic E-state index is -0.147. The fraction of sp³-hybridized carbons (Fsp3) is 0.192. The molecule has 34 heavy (non-hydrogen) atoms. The first-order valence-corrected chi connectivity index (χ1v) is 12.9. The standard InChI is InChI=1S/C26H22N4O2S2/c1-17-21(31)10-12-29-24(17)26(32)28(14-23-27-11-13-33-23)16-30(29)25-19-7-3-2-6-18(19)15-34-22-9-5-4-8-20(22)25/h2-13,25H,14-16H2,1H3. The van der Waals surface area contributed by atoms with Crippen LogP contribution in [-0.4, -0.2) is 27.1 Å². The van der Waals surface area contributed by atoms with E-state index in [2.05, 4.69) is 58.5 Å². The van der Waals surface area contributed by atoms with E-state index in [0.29, 0.717) is 24.5 Å². The van der Waals surface area contributed by atoms with E-state index in [1.165, 1.54) is 32.9 Å². The van der Waals surface area contributed by atoms with Gasteiger partial charge in [0.05, 0.1) is 12.6 Å². The third-order valence-electron chi connectivity index (χ3n) is 6.46. The summed E-state index contributed by atoms with van der Waals surface area (Å²) in [6.07, 6.45) is 3.50. The van der Waals surface area contributed by atoms with Gasteiger partial charge in [0.25, 0.3) is 5.91 Å². The molecule has 0 bridgehead atoms. The third kappa shape index (κ3) is 3.45. The molecule has 0 saturated carbocycles. The zero-order chi connectivity index (χ0) is 23.2. The Hall–Kier alpha value is -3.36. The number of amides is 1. The van der Waals surface area contributed by atoms with Crippen LogP contribution in [0.4, 0.5) is 0 Å². The molecule has 4 aromatic rings. The SMILES string of the molecule is Cc1c2n(ccc1=O)N(C1c3ccccc3CSc3ccccc31)CN(Cc1nccs1)C2=O. The summed E-state index contributed by atoms with van der Waals surface area (Å²) in [5.41, 5.74) is 4.44. The van der Waals surface area contributed by atoms with Gasteiger partial charge in [0, 0.05) is 40.1 Å². The maximum atomic E-state index is 13.6. The first kappa shape index (κ1) is 21.2. The molecule has 6 nitrogen and oxygen atoms in total. The molecular formula is C26H22N4O2S2. The minimum absolute atomic E-state index is 0.116. The highest BCUT2D eigenvalue weighted by atomic mass is 32.2. The predicted molar refractivity (Wildman–Crippen MR) is 135 cm³/mol. The van der Waals surface area contributed by atoms with Crippen molar-refractivity contribution >= 4 is 29.0 Å². The molecule has 2 aliphatic heterocycles.